The van der Waals surface area contributed by atoms with Crippen LogP contribution in [-0.2, 0) is 4.74 Å². The van der Waals surface area contributed by atoms with Gasteiger partial charge in [0.25, 0.3) is 0 Å². The third kappa shape index (κ3) is 2.64. The van der Waals surface area contributed by atoms with Crippen molar-refractivity contribution in [2.75, 3.05) is 25.6 Å². The maximum absolute atomic E-state index is 13.4. The molecular formula is C12H16FNO2. The lowest BCUT2D eigenvalue weighted by atomic mass is 10.2. The van der Waals surface area contributed by atoms with E-state index in [1.807, 2.05) is 0 Å². The molecule has 1 aliphatic rings. The van der Waals surface area contributed by atoms with Gasteiger partial charge in [0.2, 0.25) is 0 Å². The molecule has 1 aromatic rings. The van der Waals surface area contributed by atoms with Gasteiger partial charge < -0.3 is 14.8 Å². The molecule has 2 rings (SSSR count). The smallest absolute Gasteiger partial charge is 0.146 e. The summed E-state index contributed by atoms with van der Waals surface area (Å²) in [5.41, 5.74) is 0.467. The monoisotopic (exact) mass is 225 g/mol. The van der Waals surface area contributed by atoms with Crippen molar-refractivity contribution < 1.29 is 13.9 Å². The summed E-state index contributed by atoms with van der Waals surface area (Å²) in [6.45, 7) is 1.46. The van der Waals surface area contributed by atoms with E-state index in [-0.39, 0.29) is 11.9 Å². The summed E-state index contributed by atoms with van der Waals surface area (Å²) >= 11 is 0. The molecule has 1 heterocycles. The number of nitrogens with one attached hydrogen (secondary N) is 1. The van der Waals surface area contributed by atoms with Crippen LogP contribution in [0.15, 0.2) is 18.2 Å². The van der Waals surface area contributed by atoms with Crippen LogP contribution in [0.1, 0.15) is 12.8 Å². The largest absolute Gasteiger partial charge is 0.497 e. The molecule has 0 aliphatic carbocycles. The van der Waals surface area contributed by atoms with Crippen LogP contribution in [-0.4, -0.2) is 26.4 Å². The van der Waals surface area contributed by atoms with Gasteiger partial charge in [-0.2, -0.15) is 0 Å². The van der Waals surface area contributed by atoms with Crippen molar-refractivity contribution in [3.05, 3.63) is 24.0 Å². The summed E-state index contributed by atoms with van der Waals surface area (Å²) in [4.78, 5) is 0. The Kier molecular flexibility index (Phi) is 3.62. The van der Waals surface area contributed by atoms with Gasteiger partial charge in [0.1, 0.15) is 11.6 Å². The van der Waals surface area contributed by atoms with E-state index in [0.29, 0.717) is 18.0 Å². The molecular weight excluding hydrogens is 209 g/mol. The highest BCUT2D eigenvalue weighted by Crippen LogP contribution is 2.22. The van der Waals surface area contributed by atoms with E-state index >= 15 is 0 Å². The average Bonchev–Trinajstić information content (AvgIpc) is 2.81. The molecule has 0 radical (unpaired) electrons. The molecule has 1 saturated heterocycles. The van der Waals surface area contributed by atoms with E-state index in [2.05, 4.69) is 5.32 Å². The summed E-state index contributed by atoms with van der Waals surface area (Å²) in [5, 5.41) is 3.05. The van der Waals surface area contributed by atoms with Gasteiger partial charge in [-0.3, -0.25) is 0 Å². The van der Waals surface area contributed by atoms with Crippen molar-refractivity contribution in [2.24, 2.45) is 0 Å². The fourth-order valence-corrected chi connectivity index (χ4v) is 1.80. The lowest BCUT2D eigenvalue weighted by Gasteiger charge is -2.13. The van der Waals surface area contributed by atoms with Crippen molar-refractivity contribution in [3.63, 3.8) is 0 Å². The lowest BCUT2D eigenvalue weighted by Crippen LogP contribution is -2.18. The molecule has 88 valence electrons. The third-order valence-corrected chi connectivity index (χ3v) is 2.72. The second-order valence-electron chi connectivity index (χ2n) is 3.86. The maximum Gasteiger partial charge on any atom is 0.146 e. The topological polar surface area (TPSA) is 30.5 Å². The summed E-state index contributed by atoms with van der Waals surface area (Å²) in [6.07, 6.45) is 2.33. The van der Waals surface area contributed by atoms with Gasteiger partial charge in [0, 0.05) is 19.2 Å². The summed E-state index contributed by atoms with van der Waals surface area (Å²) in [6, 6.07) is 4.66. The Labute approximate surface area is 94.6 Å². The van der Waals surface area contributed by atoms with E-state index in [1.165, 1.54) is 6.07 Å². The second kappa shape index (κ2) is 5.16. The number of rotatable bonds is 4. The van der Waals surface area contributed by atoms with E-state index in [1.54, 1.807) is 19.2 Å². The number of hydrogen-bond donors (Lipinski definition) is 1. The molecule has 1 fully saturated rings. The predicted molar refractivity (Wildman–Crippen MR) is 60.4 cm³/mol. The van der Waals surface area contributed by atoms with Crippen LogP contribution in [0.25, 0.3) is 0 Å². The van der Waals surface area contributed by atoms with Crippen LogP contribution in [0, 0.1) is 5.82 Å². The Morgan fingerprint density at radius 3 is 3.12 bits per heavy atom. The number of anilines is 1. The van der Waals surface area contributed by atoms with E-state index < -0.39 is 0 Å². The van der Waals surface area contributed by atoms with Crippen LogP contribution in [0.3, 0.4) is 0 Å². The third-order valence-electron chi connectivity index (χ3n) is 2.72. The number of benzene rings is 1. The zero-order valence-electron chi connectivity index (χ0n) is 9.33. The molecule has 16 heavy (non-hydrogen) atoms. The number of halogens is 1. The van der Waals surface area contributed by atoms with Crippen molar-refractivity contribution >= 4 is 5.69 Å². The molecule has 0 bridgehead atoms. The number of ether oxygens (including phenoxy) is 2. The molecule has 0 aromatic heterocycles. The van der Waals surface area contributed by atoms with Crippen LogP contribution in [0.5, 0.6) is 5.75 Å². The zero-order valence-corrected chi connectivity index (χ0v) is 9.33. The average molecular weight is 225 g/mol. The minimum absolute atomic E-state index is 0.200. The first kappa shape index (κ1) is 11.2. The van der Waals surface area contributed by atoms with Crippen LogP contribution in [0.4, 0.5) is 10.1 Å². The summed E-state index contributed by atoms with van der Waals surface area (Å²) in [5.74, 6) is 0.384. The molecule has 0 amide bonds. The Balaban J connectivity index is 1.96. The van der Waals surface area contributed by atoms with Gasteiger partial charge in [-0.05, 0) is 25.0 Å². The normalized spacial score (nSPS) is 19.8. The molecule has 1 unspecified atom stereocenters. The quantitative estimate of drug-likeness (QED) is 0.853. The Hall–Kier alpha value is -1.29. The molecule has 1 aliphatic heterocycles. The standard InChI is InChI=1S/C12H16FNO2/c1-15-9-4-5-11(13)12(7-9)14-8-10-3-2-6-16-10/h4-5,7,10,14H,2-3,6,8H2,1H3. The Morgan fingerprint density at radius 1 is 1.56 bits per heavy atom. The van der Waals surface area contributed by atoms with Crippen LogP contribution in [0.2, 0.25) is 0 Å². The molecule has 4 heteroatoms. The van der Waals surface area contributed by atoms with Gasteiger partial charge in [0.15, 0.2) is 0 Å². The van der Waals surface area contributed by atoms with Crippen LogP contribution >= 0.6 is 0 Å². The van der Waals surface area contributed by atoms with Crippen molar-refractivity contribution in [1.82, 2.24) is 0 Å². The molecule has 1 atom stereocenters. The van der Waals surface area contributed by atoms with E-state index in [4.69, 9.17) is 9.47 Å². The van der Waals surface area contributed by atoms with Gasteiger partial charge in [-0.15, -0.1) is 0 Å². The minimum Gasteiger partial charge on any atom is -0.497 e. The summed E-state index contributed by atoms with van der Waals surface area (Å²) in [7, 11) is 1.57. The van der Waals surface area contributed by atoms with Gasteiger partial charge in [-0.1, -0.05) is 0 Å². The second-order valence-corrected chi connectivity index (χ2v) is 3.86. The first-order chi connectivity index (χ1) is 7.79. The number of methoxy groups -OCH3 is 1. The highest BCUT2D eigenvalue weighted by Gasteiger charge is 2.15. The lowest BCUT2D eigenvalue weighted by molar-refractivity contribution is 0.120. The molecule has 0 spiro atoms. The summed E-state index contributed by atoms with van der Waals surface area (Å²) < 4.78 is 23.9. The van der Waals surface area contributed by atoms with E-state index in [0.717, 1.165) is 19.4 Å². The zero-order chi connectivity index (χ0) is 11.4. The Morgan fingerprint density at radius 2 is 2.44 bits per heavy atom. The highest BCUT2D eigenvalue weighted by molar-refractivity contribution is 5.49. The first-order valence-corrected chi connectivity index (χ1v) is 5.48. The van der Waals surface area contributed by atoms with Gasteiger partial charge in [-0.25, -0.2) is 4.39 Å². The SMILES string of the molecule is COc1ccc(F)c(NCC2CCCO2)c1. The van der Waals surface area contributed by atoms with Crippen LogP contribution < -0.4 is 10.1 Å². The predicted octanol–water partition coefficient (Wildman–Crippen LogP) is 2.43. The molecule has 0 saturated carbocycles. The van der Waals surface area contributed by atoms with Gasteiger partial charge >= 0.3 is 0 Å². The fraction of sp³-hybridized carbons (Fsp3) is 0.500. The van der Waals surface area contributed by atoms with Crippen molar-refractivity contribution in [2.45, 2.75) is 18.9 Å². The molecule has 3 nitrogen and oxygen atoms in total. The Bertz CT molecular complexity index is 351. The van der Waals surface area contributed by atoms with E-state index in [9.17, 15) is 4.39 Å². The maximum atomic E-state index is 13.4. The minimum atomic E-state index is -0.265. The molecule has 1 aromatic carbocycles. The number of hydrogen-bond acceptors (Lipinski definition) is 3. The van der Waals surface area contributed by atoms with Gasteiger partial charge in [0.05, 0.1) is 18.9 Å². The highest BCUT2D eigenvalue weighted by atomic mass is 19.1. The van der Waals surface area contributed by atoms with Crippen molar-refractivity contribution in [3.8, 4) is 5.75 Å². The van der Waals surface area contributed by atoms with Crippen molar-refractivity contribution in [1.29, 1.82) is 0 Å². The fourth-order valence-electron chi connectivity index (χ4n) is 1.80. The first-order valence-electron chi connectivity index (χ1n) is 5.48. The molecule has 1 N–H and O–H groups in total.